The van der Waals surface area contributed by atoms with Gasteiger partial charge in [-0.05, 0) is 25.1 Å². The van der Waals surface area contributed by atoms with Crippen molar-refractivity contribution in [2.45, 2.75) is 13.0 Å². The van der Waals surface area contributed by atoms with Crippen molar-refractivity contribution >= 4 is 11.0 Å². The molecule has 2 rings (SSSR count). The number of rotatable bonds is 7. The largest absolute Gasteiger partial charge is 0.459 e. The molecule has 0 bridgehead atoms. The van der Waals surface area contributed by atoms with Gasteiger partial charge in [0.25, 0.3) is 0 Å². The maximum atomic E-state index is 5.78. The second-order valence-corrected chi connectivity index (χ2v) is 4.48. The topological polar surface area (TPSA) is 69.7 Å². The van der Waals surface area contributed by atoms with Crippen molar-refractivity contribution in [3.8, 4) is 0 Å². The van der Waals surface area contributed by atoms with E-state index in [2.05, 4.69) is 18.4 Å². The monoisotopic (exact) mass is 264 g/mol. The Morgan fingerprint density at radius 3 is 2.89 bits per heavy atom. The number of hydrogen-bond donors (Lipinski definition) is 2. The highest BCUT2D eigenvalue weighted by molar-refractivity contribution is 5.78. The second-order valence-electron chi connectivity index (χ2n) is 4.48. The molecule has 5 nitrogen and oxygen atoms in total. The summed E-state index contributed by atoms with van der Waals surface area (Å²) in [6.07, 6.45) is 0. The molecule has 1 aromatic carbocycles. The summed E-state index contributed by atoms with van der Waals surface area (Å²) in [6.45, 7) is 3.60. The second kappa shape index (κ2) is 6.68. The predicted octanol–water partition coefficient (Wildman–Crippen LogP) is 1.91. The van der Waals surface area contributed by atoms with E-state index in [0.717, 1.165) is 16.7 Å². The van der Waals surface area contributed by atoms with Crippen molar-refractivity contribution in [2.75, 3.05) is 26.9 Å². The van der Waals surface area contributed by atoms with Crippen LogP contribution in [0.4, 0.5) is 0 Å². The number of hydrogen-bond acceptors (Lipinski definition) is 5. The van der Waals surface area contributed by atoms with Crippen LogP contribution >= 0.6 is 0 Å². The number of nitrogens with one attached hydrogen (secondary N) is 1. The van der Waals surface area contributed by atoms with Gasteiger partial charge in [-0.15, -0.1) is 0 Å². The summed E-state index contributed by atoms with van der Waals surface area (Å²) in [5.74, 6) is 6.33. The quantitative estimate of drug-likeness (QED) is 0.454. The summed E-state index contributed by atoms with van der Waals surface area (Å²) >= 11 is 0. The van der Waals surface area contributed by atoms with Gasteiger partial charge < -0.3 is 13.9 Å². The molecule has 1 heterocycles. The Hall–Kier alpha value is -1.40. The summed E-state index contributed by atoms with van der Waals surface area (Å²) in [6, 6.07) is 7.90. The van der Waals surface area contributed by atoms with Crippen LogP contribution in [0.5, 0.6) is 0 Å². The normalized spacial score (nSPS) is 13.0. The highest BCUT2D eigenvalue weighted by atomic mass is 16.5. The summed E-state index contributed by atoms with van der Waals surface area (Å²) in [5, 5.41) is 1.08. The fourth-order valence-electron chi connectivity index (χ4n) is 1.91. The van der Waals surface area contributed by atoms with Gasteiger partial charge in [-0.2, -0.15) is 0 Å². The molecule has 1 unspecified atom stereocenters. The highest BCUT2D eigenvalue weighted by Gasteiger charge is 2.15. The first-order valence-electron chi connectivity index (χ1n) is 6.27. The molecular formula is C14H20N2O3. The summed E-state index contributed by atoms with van der Waals surface area (Å²) < 4.78 is 16.2. The lowest BCUT2D eigenvalue weighted by Crippen LogP contribution is -2.31. The third-order valence-corrected chi connectivity index (χ3v) is 2.95. The van der Waals surface area contributed by atoms with Crippen molar-refractivity contribution in [3.05, 3.63) is 35.6 Å². The van der Waals surface area contributed by atoms with Gasteiger partial charge in [0.2, 0.25) is 0 Å². The van der Waals surface area contributed by atoms with E-state index in [0.29, 0.717) is 19.8 Å². The van der Waals surface area contributed by atoms with Gasteiger partial charge in [0.1, 0.15) is 17.4 Å². The van der Waals surface area contributed by atoms with E-state index >= 15 is 0 Å². The molecule has 0 radical (unpaired) electrons. The third kappa shape index (κ3) is 3.54. The van der Waals surface area contributed by atoms with Gasteiger partial charge in [0, 0.05) is 12.5 Å². The van der Waals surface area contributed by atoms with E-state index in [9.17, 15) is 0 Å². The van der Waals surface area contributed by atoms with Crippen LogP contribution in [0, 0.1) is 6.92 Å². The minimum atomic E-state index is -0.162. The van der Waals surface area contributed by atoms with Crippen LogP contribution in [0.25, 0.3) is 11.0 Å². The number of methoxy groups -OCH3 is 1. The number of benzene rings is 1. The first-order valence-corrected chi connectivity index (χ1v) is 6.27. The van der Waals surface area contributed by atoms with Gasteiger partial charge >= 0.3 is 0 Å². The van der Waals surface area contributed by atoms with Gasteiger partial charge in [-0.25, -0.2) is 5.43 Å². The van der Waals surface area contributed by atoms with Crippen molar-refractivity contribution in [1.29, 1.82) is 0 Å². The van der Waals surface area contributed by atoms with Crippen molar-refractivity contribution in [2.24, 2.45) is 5.84 Å². The minimum absolute atomic E-state index is 0.162. The van der Waals surface area contributed by atoms with E-state index in [1.165, 1.54) is 5.56 Å². The molecule has 3 N–H and O–H groups in total. The molecule has 19 heavy (non-hydrogen) atoms. The van der Waals surface area contributed by atoms with E-state index in [1.807, 2.05) is 18.2 Å². The summed E-state index contributed by atoms with van der Waals surface area (Å²) in [7, 11) is 1.64. The molecule has 1 aromatic heterocycles. The van der Waals surface area contributed by atoms with Crippen molar-refractivity contribution < 1.29 is 13.9 Å². The van der Waals surface area contributed by atoms with E-state index in [4.69, 9.17) is 19.7 Å². The molecule has 0 aliphatic carbocycles. The molecule has 0 aliphatic heterocycles. The van der Waals surface area contributed by atoms with Crippen LogP contribution in [0.15, 0.2) is 28.7 Å². The maximum Gasteiger partial charge on any atom is 0.134 e. The van der Waals surface area contributed by atoms with E-state index in [1.54, 1.807) is 7.11 Å². The van der Waals surface area contributed by atoms with Crippen LogP contribution in [-0.4, -0.2) is 26.9 Å². The zero-order valence-corrected chi connectivity index (χ0v) is 11.3. The smallest absolute Gasteiger partial charge is 0.134 e. The lowest BCUT2D eigenvalue weighted by molar-refractivity contribution is 0.0557. The highest BCUT2D eigenvalue weighted by Crippen LogP contribution is 2.24. The SMILES string of the molecule is COCCOCC(NN)c1cc2cc(C)ccc2o1. The molecule has 0 saturated heterocycles. The Balaban J connectivity index is 2.07. The Morgan fingerprint density at radius 2 is 2.16 bits per heavy atom. The molecule has 0 fully saturated rings. The fourth-order valence-corrected chi connectivity index (χ4v) is 1.91. The molecule has 104 valence electrons. The molecular weight excluding hydrogens is 244 g/mol. The maximum absolute atomic E-state index is 5.78. The van der Waals surface area contributed by atoms with E-state index < -0.39 is 0 Å². The standard InChI is InChI=1S/C14H20N2O3/c1-10-3-4-13-11(7-10)8-14(19-13)12(16-15)9-18-6-5-17-2/h3-4,7-8,12,16H,5-6,9,15H2,1-2H3. The molecule has 0 spiro atoms. The van der Waals surface area contributed by atoms with Crippen molar-refractivity contribution in [3.63, 3.8) is 0 Å². The molecule has 0 amide bonds. The van der Waals surface area contributed by atoms with Crippen LogP contribution in [0.1, 0.15) is 17.4 Å². The summed E-state index contributed by atoms with van der Waals surface area (Å²) in [4.78, 5) is 0. The molecule has 0 saturated carbocycles. The Morgan fingerprint density at radius 1 is 1.32 bits per heavy atom. The molecule has 1 atom stereocenters. The first-order chi connectivity index (χ1) is 9.24. The number of fused-ring (bicyclic) bond motifs is 1. The van der Waals surface area contributed by atoms with Crippen LogP contribution in [0.2, 0.25) is 0 Å². The van der Waals surface area contributed by atoms with Gasteiger partial charge in [0.05, 0.1) is 19.8 Å². The van der Waals surface area contributed by atoms with Gasteiger partial charge in [-0.1, -0.05) is 11.6 Å². The third-order valence-electron chi connectivity index (χ3n) is 2.95. The molecule has 5 heteroatoms. The van der Waals surface area contributed by atoms with Crippen LogP contribution < -0.4 is 11.3 Å². The number of aryl methyl sites for hydroxylation is 1. The number of nitrogens with two attached hydrogens (primary N) is 1. The fraction of sp³-hybridized carbons (Fsp3) is 0.429. The average molecular weight is 264 g/mol. The first kappa shape index (κ1) is 14.0. The zero-order valence-electron chi connectivity index (χ0n) is 11.3. The van der Waals surface area contributed by atoms with Crippen LogP contribution in [0.3, 0.4) is 0 Å². The predicted molar refractivity (Wildman–Crippen MR) is 73.7 cm³/mol. The number of furan rings is 1. The lowest BCUT2D eigenvalue weighted by atomic mass is 10.1. The van der Waals surface area contributed by atoms with Gasteiger partial charge in [-0.3, -0.25) is 5.84 Å². The number of hydrazine groups is 1. The number of ether oxygens (including phenoxy) is 2. The Labute approximate surface area is 112 Å². The Bertz CT molecular complexity index is 524. The minimum Gasteiger partial charge on any atom is -0.459 e. The Kier molecular flexibility index (Phi) is 4.93. The van der Waals surface area contributed by atoms with E-state index in [-0.39, 0.29) is 6.04 Å². The summed E-state index contributed by atoms with van der Waals surface area (Å²) in [5.41, 5.74) is 4.77. The molecule has 2 aromatic rings. The van der Waals surface area contributed by atoms with Gasteiger partial charge in [0.15, 0.2) is 0 Å². The lowest BCUT2D eigenvalue weighted by Gasteiger charge is -2.13. The average Bonchev–Trinajstić information content (AvgIpc) is 2.81. The van der Waals surface area contributed by atoms with Crippen molar-refractivity contribution in [1.82, 2.24) is 5.43 Å². The molecule has 0 aliphatic rings. The zero-order chi connectivity index (χ0) is 13.7. The van der Waals surface area contributed by atoms with Crippen LogP contribution in [-0.2, 0) is 9.47 Å².